The molecule has 88 valence electrons. The van der Waals surface area contributed by atoms with Crippen LogP contribution in [-0.2, 0) is 4.79 Å². The predicted molar refractivity (Wildman–Crippen MR) is 59.3 cm³/mol. The Labute approximate surface area is 91.4 Å². The van der Waals surface area contributed by atoms with Gasteiger partial charge in [-0.05, 0) is 25.7 Å². The molecule has 0 aromatic heterocycles. The molecule has 1 fully saturated rings. The number of amides is 1. The summed E-state index contributed by atoms with van der Waals surface area (Å²) in [6.07, 6.45) is 1.35. The van der Waals surface area contributed by atoms with E-state index in [0.717, 1.165) is 0 Å². The largest absolute Gasteiger partial charge is 0.388 e. The second kappa shape index (κ2) is 4.49. The zero-order valence-electron chi connectivity index (χ0n) is 9.86. The summed E-state index contributed by atoms with van der Waals surface area (Å²) >= 11 is 0. The molecular formula is C11H22N2O2. The molecule has 2 atom stereocenters. The first-order valence-corrected chi connectivity index (χ1v) is 5.58. The van der Waals surface area contributed by atoms with Crippen LogP contribution in [-0.4, -0.2) is 40.6 Å². The second-order valence-corrected chi connectivity index (χ2v) is 5.24. The summed E-state index contributed by atoms with van der Waals surface area (Å²) in [5, 5.41) is 9.74. The summed E-state index contributed by atoms with van der Waals surface area (Å²) in [6.45, 7) is 6.89. The van der Waals surface area contributed by atoms with Crippen molar-refractivity contribution in [2.45, 2.75) is 45.3 Å². The fourth-order valence-electron chi connectivity index (χ4n) is 1.98. The van der Waals surface area contributed by atoms with Gasteiger partial charge in [0.05, 0.1) is 11.6 Å². The highest BCUT2D eigenvalue weighted by atomic mass is 16.3. The number of carbonyl (C=O) groups is 1. The first kappa shape index (κ1) is 12.5. The quantitative estimate of drug-likeness (QED) is 0.712. The molecule has 4 heteroatoms. The zero-order valence-corrected chi connectivity index (χ0v) is 9.86. The molecule has 1 heterocycles. The lowest BCUT2D eigenvalue weighted by Gasteiger charge is -2.23. The van der Waals surface area contributed by atoms with E-state index in [1.165, 1.54) is 0 Å². The minimum absolute atomic E-state index is 0.0264. The Morgan fingerprint density at radius 2 is 2.20 bits per heavy atom. The topological polar surface area (TPSA) is 66.6 Å². The fraction of sp³-hybridized carbons (Fsp3) is 0.909. The molecule has 1 unspecified atom stereocenters. The monoisotopic (exact) mass is 214 g/mol. The smallest absolute Gasteiger partial charge is 0.239 e. The lowest BCUT2D eigenvalue weighted by atomic mass is 10.0. The van der Waals surface area contributed by atoms with E-state index in [-0.39, 0.29) is 5.91 Å². The van der Waals surface area contributed by atoms with Gasteiger partial charge in [0.25, 0.3) is 0 Å². The molecule has 1 rings (SSSR count). The van der Waals surface area contributed by atoms with Crippen molar-refractivity contribution < 1.29 is 9.90 Å². The fourth-order valence-corrected chi connectivity index (χ4v) is 1.98. The third-order valence-corrected chi connectivity index (χ3v) is 2.81. The van der Waals surface area contributed by atoms with Gasteiger partial charge in [-0.1, -0.05) is 13.8 Å². The van der Waals surface area contributed by atoms with Crippen molar-refractivity contribution >= 4 is 5.91 Å². The van der Waals surface area contributed by atoms with E-state index in [2.05, 4.69) is 0 Å². The zero-order chi connectivity index (χ0) is 11.6. The van der Waals surface area contributed by atoms with E-state index in [1.807, 2.05) is 13.8 Å². The Morgan fingerprint density at radius 3 is 2.60 bits per heavy atom. The van der Waals surface area contributed by atoms with E-state index in [0.29, 0.717) is 31.8 Å². The van der Waals surface area contributed by atoms with Gasteiger partial charge in [-0.15, -0.1) is 0 Å². The van der Waals surface area contributed by atoms with Crippen LogP contribution in [0.1, 0.15) is 33.6 Å². The number of β-amino-alcohol motifs (C(OH)–C–C–N with tert-alkyl or cyclic N) is 1. The molecule has 3 N–H and O–H groups in total. The maximum absolute atomic E-state index is 11.9. The third-order valence-electron chi connectivity index (χ3n) is 2.81. The average Bonchev–Trinajstić information content (AvgIpc) is 2.43. The number of aliphatic hydroxyl groups is 1. The minimum atomic E-state index is -0.729. The second-order valence-electron chi connectivity index (χ2n) is 5.24. The van der Waals surface area contributed by atoms with Crippen molar-refractivity contribution in [1.82, 2.24) is 4.90 Å². The van der Waals surface area contributed by atoms with Crippen LogP contribution in [0.5, 0.6) is 0 Å². The van der Waals surface area contributed by atoms with Gasteiger partial charge in [-0.3, -0.25) is 4.79 Å². The first-order chi connectivity index (χ1) is 6.82. The maximum atomic E-state index is 11.9. The SMILES string of the molecule is CC(C)C[C@H](N)C(=O)N1CCC(C)(O)C1. The van der Waals surface area contributed by atoms with Gasteiger partial charge in [0, 0.05) is 13.1 Å². The molecule has 1 amide bonds. The van der Waals surface area contributed by atoms with Gasteiger partial charge >= 0.3 is 0 Å². The Balaban J connectivity index is 2.48. The van der Waals surface area contributed by atoms with Gasteiger partial charge in [-0.25, -0.2) is 0 Å². The van der Waals surface area contributed by atoms with E-state index in [9.17, 15) is 9.90 Å². The third kappa shape index (κ3) is 3.47. The Hall–Kier alpha value is -0.610. The van der Waals surface area contributed by atoms with E-state index in [4.69, 9.17) is 5.73 Å². The molecule has 4 nitrogen and oxygen atoms in total. The summed E-state index contributed by atoms with van der Waals surface area (Å²) in [6, 6.07) is -0.418. The van der Waals surface area contributed by atoms with Crippen LogP contribution in [0.3, 0.4) is 0 Å². The summed E-state index contributed by atoms with van der Waals surface area (Å²) in [4.78, 5) is 13.5. The molecule has 0 radical (unpaired) electrons. The number of hydrogen-bond acceptors (Lipinski definition) is 3. The van der Waals surface area contributed by atoms with Crippen molar-refractivity contribution in [1.29, 1.82) is 0 Å². The van der Waals surface area contributed by atoms with Crippen LogP contribution in [0.4, 0.5) is 0 Å². The van der Waals surface area contributed by atoms with Gasteiger partial charge in [0.2, 0.25) is 5.91 Å². The number of nitrogens with two attached hydrogens (primary N) is 1. The predicted octanol–water partition coefficient (Wildman–Crippen LogP) is 0.343. The molecule has 0 aliphatic carbocycles. The normalized spacial score (nSPS) is 28.5. The summed E-state index contributed by atoms with van der Waals surface area (Å²) in [5.41, 5.74) is 5.08. The number of likely N-dealkylation sites (tertiary alicyclic amines) is 1. The van der Waals surface area contributed by atoms with Crippen LogP contribution in [0.15, 0.2) is 0 Å². The molecular weight excluding hydrogens is 192 g/mol. The molecule has 1 saturated heterocycles. The van der Waals surface area contributed by atoms with Crippen LogP contribution >= 0.6 is 0 Å². The highest BCUT2D eigenvalue weighted by Crippen LogP contribution is 2.21. The van der Waals surface area contributed by atoms with Gasteiger partial charge in [0.15, 0.2) is 0 Å². The first-order valence-electron chi connectivity index (χ1n) is 5.58. The Morgan fingerprint density at radius 1 is 1.60 bits per heavy atom. The molecule has 0 bridgehead atoms. The van der Waals surface area contributed by atoms with E-state index < -0.39 is 11.6 Å². The molecule has 0 aromatic carbocycles. The van der Waals surface area contributed by atoms with Crippen molar-refractivity contribution in [3.8, 4) is 0 Å². The molecule has 15 heavy (non-hydrogen) atoms. The number of nitrogens with zero attached hydrogens (tertiary/aromatic N) is 1. The number of carbonyl (C=O) groups excluding carboxylic acids is 1. The summed E-state index contributed by atoms with van der Waals surface area (Å²) < 4.78 is 0. The molecule has 0 saturated carbocycles. The number of rotatable bonds is 3. The number of hydrogen-bond donors (Lipinski definition) is 2. The van der Waals surface area contributed by atoms with E-state index in [1.54, 1.807) is 11.8 Å². The highest BCUT2D eigenvalue weighted by Gasteiger charge is 2.35. The van der Waals surface area contributed by atoms with Gasteiger partial charge < -0.3 is 15.7 Å². The van der Waals surface area contributed by atoms with Crippen LogP contribution in [0, 0.1) is 5.92 Å². The van der Waals surface area contributed by atoms with Crippen LogP contribution < -0.4 is 5.73 Å². The minimum Gasteiger partial charge on any atom is -0.388 e. The standard InChI is InChI=1S/C11H22N2O2/c1-8(2)6-9(12)10(14)13-5-4-11(3,15)7-13/h8-9,15H,4-7,12H2,1-3H3/t9-,11?/m0/s1. The van der Waals surface area contributed by atoms with Crippen molar-refractivity contribution in [3.05, 3.63) is 0 Å². The van der Waals surface area contributed by atoms with Crippen molar-refractivity contribution in [2.24, 2.45) is 11.7 Å². The van der Waals surface area contributed by atoms with Crippen molar-refractivity contribution in [3.63, 3.8) is 0 Å². The lowest BCUT2D eigenvalue weighted by Crippen LogP contribution is -2.44. The lowest BCUT2D eigenvalue weighted by molar-refractivity contribution is -0.132. The average molecular weight is 214 g/mol. The Kier molecular flexibility index (Phi) is 3.73. The maximum Gasteiger partial charge on any atom is 0.239 e. The van der Waals surface area contributed by atoms with Crippen molar-refractivity contribution in [2.75, 3.05) is 13.1 Å². The molecule has 0 aromatic rings. The van der Waals surface area contributed by atoms with E-state index >= 15 is 0 Å². The summed E-state index contributed by atoms with van der Waals surface area (Å²) in [7, 11) is 0. The molecule has 1 aliphatic heterocycles. The Bertz CT molecular complexity index is 239. The van der Waals surface area contributed by atoms with Crippen LogP contribution in [0.25, 0.3) is 0 Å². The van der Waals surface area contributed by atoms with Gasteiger partial charge in [-0.2, -0.15) is 0 Å². The molecule has 1 aliphatic rings. The highest BCUT2D eigenvalue weighted by molar-refractivity contribution is 5.82. The summed E-state index contributed by atoms with van der Waals surface area (Å²) in [5.74, 6) is 0.397. The van der Waals surface area contributed by atoms with Gasteiger partial charge in [0.1, 0.15) is 0 Å². The van der Waals surface area contributed by atoms with Crippen LogP contribution in [0.2, 0.25) is 0 Å². The molecule has 0 spiro atoms.